The van der Waals surface area contributed by atoms with Crippen molar-refractivity contribution in [3.8, 4) is 112 Å². The van der Waals surface area contributed by atoms with E-state index in [-0.39, 0.29) is 24.0 Å². The van der Waals surface area contributed by atoms with E-state index in [1.54, 1.807) is 36.4 Å². The van der Waals surface area contributed by atoms with E-state index in [1.165, 1.54) is 80.6 Å². The third kappa shape index (κ3) is 22.8. The van der Waals surface area contributed by atoms with Gasteiger partial charge in [-0.1, -0.05) is 245 Å². The van der Waals surface area contributed by atoms with Gasteiger partial charge in [0.15, 0.2) is 31.0 Å². The maximum atomic E-state index is 14.4. The Hall–Kier alpha value is -12.2. The number of hydrogen-bond donors (Lipinski definition) is 0. The summed E-state index contributed by atoms with van der Waals surface area (Å²) in [6.07, 6.45) is 9.95. The molecule has 119 heavy (non-hydrogen) atoms. The van der Waals surface area contributed by atoms with E-state index in [0.29, 0.717) is 16.7 Å². The standard InChI is InChI=1S/C23H25FN.C23H26N.C22H23FN.2C22H24N/c1-16(2)13-20-14-18(9-10-22(20)24)19-11-12-25(4)23(15-19)21-8-6-5-7-17(21)3;1-17(2)14-19-9-7-10-20(15-19)21-12-13-24(4)23(16-21)22-11-6-5-8-18(22)3;1-15(2)20-13-17(9-10-21(20)23)18-11-12-24(4)22(14-18)19-8-6-5-7-16(19)3;1-16(2)18-9-7-10-19(14-18)20-12-13-23(4)22(15-20)21-11-6-5-8-17(21)3;1-16(2)18-9-11-19(12-10-18)20-13-14-23(4)22(15-20)21-8-6-5-7-17(21)3/h5-12,14-16H,13H2,1-4H3;5-13,15-17H,14H2,1-4H3;5-15H,1-4H3;2*5-16H,1-4H3/q5*+1/i1D3,16D;1D3,17D;1D3,15D;2*1D3,16D. The molecule has 0 N–H and O–H groups in total. The van der Waals surface area contributed by atoms with Gasteiger partial charge in [0.05, 0.1) is 0 Å². The van der Waals surface area contributed by atoms with Gasteiger partial charge in [-0.2, -0.15) is 0 Å². The number of aryl methyl sites for hydroxylation is 10. The van der Waals surface area contributed by atoms with Crippen LogP contribution in [0.2, 0.25) is 0 Å². The molecule has 15 rings (SSSR count). The Morgan fingerprint density at radius 2 is 0.580 bits per heavy atom. The van der Waals surface area contributed by atoms with Crippen LogP contribution in [0.15, 0.2) is 322 Å². The molecule has 15 aromatic rings. The van der Waals surface area contributed by atoms with Crippen molar-refractivity contribution < 1.29 is 59.0 Å². The van der Waals surface area contributed by atoms with Gasteiger partial charge in [-0.3, -0.25) is 0 Å². The fraction of sp³-hybridized carbons (Fsp3) is 0.241. The smallest absolute Gasteiger partial charge is 0.207 e. The minimum absolute atomic E-state index is 0.129. The predicted molar refractivity (Wildman–Crippen MR) is 495 cm³/mol. The molecule has 7 heteroatoms. The van der Waals surface area contributed by atoms with Crippen molar-refractivity contribution in [2.45, 2.75) is 134 Å². The molecule has 5 aromatic heterocycles. The number of benzene rings is 10. The third-order valence-electron chi connectivity index (χ3n) is 21.4. The molecule has 0 spiro atoms. The molecule has 0 amide bonds. The summed E-state index contributed by atoms with van der Waals surface area (Å²) < 4.78 is 195. The Bertz CT molecular complexity index is 6890. The van der Waals surface area contributed by atoms with Crippen LogP contribution in [-0.2, 0) is 48.1 Å². The summed E-state index contributed by atoms with van der Waals surface area (Å²) in [5.74, 6) is -9.76. The molecule has 0 aliphatic rings. The molecule has 0 fully saturated rings. The van der Waals surface area contributed by atoms with Gasteiger partial charge < -0.3 is 0 Å². The van der Waals surface area contributed by atoms with Crippen LogP contribution in [0.3, 0.4) is 0 Å². The van der Waals surface area contributed by atoms with Crippen LogP contribution >= 0.6 is 0 Å². The maximum Gasteiger partial charge on any atom is 0.213 e. The molecule has 5 nitrogen and oxygen atoms in total. The average molecular weight is 1600 g/mol. The molecule has 5 heterocycles. The van der Waals surface area contributed by atoms with Gasteiger partial charge in [0.2, 0.25) is 28.5 Å². The lowest BCUT2D eigenvalue weighted by Crippen LogP contribution is -2.30. The molecular formula is C112H122F2N5+5. The Morgan fingerprint density at radius 1 is 0.269 bits per heavy atom. The lowest BCUT2D eigenvalue weighted by Gasteiger charge is -2.11. The highest BCUT2D eigenvalue weighted by molar-refractivity contribution is 5.76. The van der Waals surface area contributed by atoms with Crippen LogP contribution in [0.1, 0.15) is 170 Å². The first-order valence-electron chi connectivity index (χ1n) is 50.0. The second-order valence-corrected chi connectivity index (χ2v) is 30.8. The van der Waals surface area contributed by atoms with Crippen molar-refractivity contribution in [1.82, 2.24) is 0 Å². The molecule has 604 valence electrons. The summed E-state index contributed by atoms with van der Waals surface area (Å²) in [5, 5.41) is 0. The highest BCUT2D eigenvalue weighted by Crippen LogP contribution is 2.35. The van der Waals surface area contributed by atoms with Crippen LogP contribution in [0, 0.1) is 58.0 Å². The van der Waals surface area contributed by atoms with Gasteiger partial charge in [-0.05, 0) is 243 Å². The second kappa shape index (κ2) is 40.8. The molecule has 0 aliphatic carbocycles. The lowest BCUT2D eigenvalue weighted by molar-refractivity contribution is -0.660. The van der Waals surface area contributed by atoms with Crippen molar-refractivity contribution in [1.29, 1.82) is 0 Å². The van der Waals surface area contributed by atoms with Gasteiger partial charge in [0.1, 0.15) is 46.9 Å². The highest BCUT2D eigenvalue weighted by atomic mass is 19.1. The van der Waals surface area contributed by atoms with Crippen LogP contribution in [0.4, 0.5) is 8.78 Å². The van der Waals surface area contributed by atoms with Gasteiger partial charge in [0.25, 0.3) is 0 Å². The summed E-state index contributed by atoms with van der Waals surface area (Å²) >= 11 is 0. The van der Waals surface area contributed by atoms with Crippen LogP contribution in [-0.4, -0.2) is 0 Å². The van der Waals surface area contributed by atoms with Crippen molar-refractivity contribution in [3.05, 3.63) is 389 Å². The molecule has 0 bridgehead atoms. The molecule has 0 saturated heterocycles. The van der Waals surface area contributed by atoms with E-state index < -0.39 is 75.4 Å². The fourth-order valence-electron chi connectivity index (χ4n) is 14.6. The monoisotopic (exact) mass is 1600 g/mol. The zero-order chi connectivity index (χ0) is 102. The van der Waals surface area contributed by atoms with Crippen molar-refractivity contribution >= 4 is 0 Å². The topological polar surface area (TPSA) is 19.4 Å². The molecule has 5 unspecified atom stereocenters. The Labute approximate surface area is 738 Å². The van der Waals surface area contributed by atoms with Crippen molar-refractivity contribution in [2.75, 3.05) is 0 Å². The number of aromatic nitrogens is 5. The largest absolute Gasteiger partial charge is 0.213 e. The zero-order valence-corrected chi connectivity index (χ0v) is 71.0. The first-order valence-corrected chi connectivity index (χ1v) is 40.0. The predicted octanol–water partition coefficient (Wildman–Crippen LogP) is 26.8. The SMILES string of the molecule is [2H]C([2H])([2H])C([2H])(C)Cc1cc(-c2cc[n+](C)c(-c3ccccc3C)c2)ccc1F.[2H]C([2H])([2H])C([2H])(C)Cc1cccc(-c2cc[n+](C)c(-c3ccccc3C)c2)c1.[2H]C([2H])([2H])C([2H])(C)c1cc(-c2cc[n+](C)c(-c3ccccc3C)c2)ccc1F.[2H]C([2H])([2H])C([2H])(C)c1ccc(-c2cc[n+](C)c(-c3ccccc3C)c2)cc1.[2H]C([2H])([2H])C([2H])(C)c1cccc(-c2cc[n+](C)c(-c3ccccc3C)c2)c1. The first kappa shape index (κ1) is 63.9. The van der Waals surface area contributed by atoms with Crippen molar-refractivity contribution in [2.24, 2.45) is 47.0 Å². The fourth-order valence-corrected chi connectivity index (χ4v) is 14.6. The number of nitrogens with zero attached hydrogens (tertiary/aromatic N) is 5. The van der Waals surface area contributed by atoms with Crippen LogP contribution in [0.5, 0.6) is 0 Å². The number of rotatable bonds is 17. The Morgan fingerprint density at radius 3 is 0.958 bits per heavy atom. The van der Waals surface area contributed by atoms with Gasteiger partial charge in [-0.15, -0.1) is 0 Å². The summed E-state index contributed by atoms with van der Waals surface area (Å²) in [7, 11) is 10.00. The maximum absolute atomic E-state index is 14.4. The second-order valence-electron chi connectivity index (χ2n) is 30.8. The molecule has 0 radical (unpaired) electrons. The van der Waals surface area contributed by atoms with E-state index in [9.17, 15) is 8.78 Å². The Balaban J connectivity index is 0.000000166. The van der Waals surface area contributed by atoms with E-state index in [2.05, 4.69) is 114 Å². The first-order chi connectivity index (χ1) is 64.8. The zero-order valence-electron chi connectivity index (χ0n) is 91.0. The highest BCUT2D eigenvalue weighted by Gasteiger charge is 2.22. The number of hydrogen-bond acceptors (Lipinski definition) is 0. The molecule has 0 aliphatic heterocycles. The quantitative estimate of drug-likeness (QED) is 0.0810. The van der Waals surface area contributed by atoms with E-state index in [0.717, 1.165) is 112 Å². The molecule has 5 atom stereocenters. The third-order valence-corrected chi connectivity index (χ3v) is 21.4. The van der Waals surface area contributed by atoms with E-state index in [1.807, 2.05) is 246 Å². The van der Waals surface area contributed by atoms with Gasteiger partial charge >= 0.3 is 0 Å². The summed E-state index contributed by atoms with van der Waals surface area (Å²) in [5.41, 5.74) is 28.2. The van der Waals surface area contributed by atoms with Crippen LogP contribution < -0.4 is 22.8 Å². The minimum atomic E-state index is -2.64. The number of halogens is 2. The van der Waals surface area contributed by atoms with E-state index in [4.69, 9.17) is 27.4 Å². The molecule has 0 saturated carbocycles. The summed E-state index contributed by atoms with van der Waals surface area (Å²) in [6, 6.07) is 92.8. The Kier molecular flexibility index (Phi) is 21.9. The van der Waals surface area contributed by atoms with E-state index >= 15 is 0 Å². The molecule has 10 aromatic carbocycles. The average Bonchev–Trinajstić information content (AvgIpc) is 0.763. The summed E-state index contributed by atoms with van der Waals surface area (Å²) in [6.45, 7) is 5.10. The van der Waals surface area contributed by atoms with Gasteiger partial charge in [-0.25, -0.2) is 31.6 Å². The lowest BCUT2D eigenvalue weighted by atomic mass is 9.96. The number of pyridine rings is 5. The normalized spacial score (nSPS) is 16.5. The molecular weight excluding hydrogens is 1450 g/mol. The van der Waals surface area contributed by atoms with Crippen LogP contribution in [0.25, 0.3) is 112 Å². The summed E-state index contributed by atoms with van der Waals surface area (Å²) in [4.78, 5) is 0. The van der Waals surface area contributed by atoms with Crippen molar-refractivity contribution in [3.63, 3.8) is 0 Å². The van der Waals surface area contributed by atoms with Gasteiger partial charge in [0, 0.05) is 116 Å². The minimum Gasteiger partial charge on any atom is -0.207 e.